The Kier molecular flexibility index (Phi) is 5.22. The lowest BCUT2D eigenvalue weighted by atomic mass is 10.0. The van der Waals surface area contributed by atoms with Gasteiger partial charge in [-0.3, -0.25) is 0 Å². The smallest absolute Gasteiger partial charge is 0.127 e. The lowest BCUT2D eigenvalue weighted by molar-refractivity contribution is -0.255. The molecule has 4 heteroatoms. The maximum Gasteiger partial charge on any atom is 0.127 e. The number of para-hydroxylation sites is 1. The molecular formula is C24H17O3S-. The van der Waals surface area contributed by atoms with Crippen molar-refractivity contribution in [1.82, 2.24) is 0 Å². The van der Waals surface area contributed by atoms with E-state index in [4.69, 9.17) is 4.74 Å². The first-order chi connectivity index (χ1) is 13.7. The number of hydrogen-bond donors (Lipinski definition) is 0. The minimum absolute atomic E-state index is 0.174. The van der Waals surface area contributed by atoms with Gasteiger partial charge >= 0.3 is 0 Å². The van der Waals surface area contributed by atoms with Crippen molar-refractivity contribution in [2.45, 2.75) is 6.61 Å². The molecule has 0 N–H and O–H groups in total. The summed E-state index contributed by atoms with van der Waals surface area (Å²) in [6.45, 7) is 0.498. The minimum Gasteiger partial charge on any atom is -0.545 e. The SMILES string of the molecule is O=C([O-])c1ccc(-c2sccc2-c2ccccc2OCc2ccccc2)cc1. The van der Waals surface area contributed by atoms with Crippen molar-refractivity contribution in [2.75, 3.05) is 0 Å². The molecule has 1 aromatic heterocycles. The molecule has 0 fully saturated rings. The van der Waals surface area contributed by atoms with Crippen molar-refractivity contribution >= 4 is 17.3 Å². The van der Waals surface area contributed by atoms with Gasteiger partial charge in [0.15, 0.2) is 0 Å². The van der Waals surface area contributed by atoms with Crippen molar-refractivity contribution in [1.29, 1.82) is 0 Å². The first kappa shape index (κ1) is 18.0. The number of thiophene rings is 1. The molecule has 0 saturated heterocycles. The summed E-state index contributed by atoms with van der Waals surface area (Å²) >= 11 is 1.62. The minimum atomic E-state index is -1.17. The second kappa shape index (κ2) is 8.11. The predicted octanol–water partition coefficient (Wildman–Crippen LogP) is 5.02. The molecule has 0 aliphatic carbocycles. The third-order valence-corrected chi connectivity index (χ3v) is 5.43. The standard InChI is InChI=1S/C24H18O3S/c25-24(26)19-12-10-18(11-13-19)23-21(14-15-28-23)20-8-4-5-9-22(20)27-16-17-6-2-1-3-7-17/h1-15H,16H2,(H,25,26)/p-1. The highest BCUT2D eigenvalue weighted by Crippen LogP contribution is 2.40. The van der Waals surface area contributed by atoms with E-state index in [1.807, 2.05) is 72.1 Å². The molecule has 3 aromatic carbocycles. The molecule has 0 amide bonds. The largest absolute Gasteiger partial charge is 0.545 e. The van der Waals surface area contributed by atoms with Crippen LogP contribution in [0.25, 0.3) is 21.6 Å². The van der Waals surface area contributed by atoms with Crippen molar-refractivity contribution in [3.63, 3.8) is 0 Å². The van der Waals surface area contributed by atoms with Crippen LogP contribution in [-0.2, 0) is 6.61 Å². The summed E-state index contributed by atoms with van der Waals surface area (Å²) in [6.07, 6.45) is 0. The second-order valence-electron chi connectivity index (χ2n) is 6.30. The molecule has 0 aliphatic heterocycles. The molecule has 0 bridgehead atoms. The number of hydrogen-bond acceptors (Lipinski definition) is 4. The molecule has 4 rings (SSSR count). The number of carboxylic acid groups (broad SMARTS) is 1. The predicted molar refractivity (Wildman–Crippen MR) is 110 cm³/mol. The number of aromatic carboxylic acids is 1. The molecule has 0 atom stereocenters. The van der Waals surface area contributed by atoms with Gasteiger partial charge < -0.3 is 14.6 Å². The van der Waals surface area contributed by atoms with Gasteiger partial charge in [0.2, 0.25) is 0 Å². The molecule has 138 valence electrons. The quantitative estimate of drug-likeness (QED) is 0.468. The number of ether oxygens (including phenoxy) is 1. The molecule has 28 heavy (non-hydrogen) atoms. The van der Waals surface area contributed by atoms with E-state index in [0.29, 0.717) is 6.61 Å². The Balaban J connectivity index is 1.65. The Bertz CT molecular complexity index is 1080. The van der Waals surface area contributed by atoms with Crippen LogP contribution in [0.15, 0.2) is 90.3 Å². The normalized spacial score (nSPS) is 10.6. The Hall–Kier alpha value is -3.37. The van der Waals surface area contributed by atoms with Gasteiger partial charge in [-0.1, -0.05) is 72.8 Å². The van der Waals surface area contributed by atoms with Crippen molar-refractivity contribution in [3.8, 4) is 27.3 Å². The molecular weight excluding hydrogens is 368 g/mol. The fraction of sp³-hybridized carbons (Fsp3) is 0.0417. The zero-order valence-corrected chi connectivity index (χ0v) is 15.8. The van der Waals surface area contributed by atoms with Crippen LogP contribution in [0.3, 0.4) is 0 Å². The summed E-state index contributed by atoms with van der Waals surface area (Å²) in [5, 5.41) is 13.0. The van der Waals surface area contributed by atoms with Crippen LogP contribution in [-0.4, -0.2) is 5.97 Å². The molecule has 0 unspecified atom stereocenters. The van der Waals surface area contributed by atoms with Crippen LogP contribution in [0.1, 0.15) is 15.9 Å². The highest BCUT2D eigenvalue weighted by molar-refractivity contribution is 7.14. The number of rotatable bonds is 6. The van der Waals surface area contributed by atoms with E-state index in [9.17, 15) is 9.90 Å². The van der Waals surface area contributed by atoms with Crippen molar-refractivity contribution < 1.29 is 14.6 Å². The van der Waals surface area contributed by atoms with E-state index in [1.54, 1.807) is 23.5 Å². The van der Waals surface area contributed by atoms with Gasteiger partial charge in [0.05, 0.1) is 5.97 Å². The van der Waals surface area contributed by atoms with Gasteiger partial charge in [-0.2, -0.15) is 0 Å². The van der Waals surface area contributed by atoms with Crippen LogP contribution in [0.4, 0.5) is 0 Å². The summed E-state index contributed by atoms with van der Waals surface area (Å²) in [7, 11) is 0. The van der Waals surface area contributed by atoms with Gasteiger partial charge in [-0.15, -0.1) is 11.3 Å². The number of benzene rings is 3. The average Bonchev–Trinajstić information content (AvgIpc) is 3.23. The number of carbonyl (C=O) groups is 1. The zero-order valence-electron chi connectivity index (χ0n) is 15.0. The van der Waals surface area contributed by atoms with Gasteiger partial charge in [0.1, 0.15) is 12.4 Å². The molecule has 0 saturated carbocycles. The Morgan fingerprint density at radius 1 is 0.821 bits per heavy atom. The van der Waals surface area contributed by atoms with Crippen LogP contribution in [0.2, 0.25) is 0 Å². The molecule has 3 nitrogen and oxygen atoms in total. The van der Waals surface area contributed by atoms with Crippen molar-refractivity contribution in [3.05, 3.63) is 101 Å². The van der Waals surface area contributed by atoms with Crippen molar-refractivity contribution in [2.24, 2.45) is 0 Å². The van der Waals surface area contributed by atoms with Crippen LogP contribution < -0.4 is 9.84 Å². The van der Waals surface area contributed by atoms with Gasteiger partial charge in [0, 0.05) is 16.0 Å². The summed E-state index contributed by atoms with van der Waals surface area (Å²) in [6, 6.07) is 26.9. The third kappa shape index (κ3) is 3.82. The maximum absolute atomic E-state index is 11.0. The highest BCUT2D eigenvalue weighted by atomic mass is 32.1. The van der Waals surface area contributed by atoms with Crippen LogP contribution >= 0.6 is 11.3 Å². The number of carboxylic acids is 1. The maximum atomic E-state index is 11.0. The molecule has 0 aliphatic rings. The van der Waals surface area contributed by atoms with E-state index >= 15 is 0 Å². The lowest BCUT2D eigenvalue weighted by Gasteiger charge is -2.13. The Morgan fingerprint density at radius 2 is 1.54 bits per heavy atom. The fourth-order valence-electron chi connectivity index (χ4n) is 3.05. The summed E-state index contributed by atoms with van der Waals surface area (Å²) in [5.74, 6) is -0.352. The monoisotopic (exact) mass is 385 g/mol. The van der Waals surface area contributed by atoms with E-state index in [0.717, 1.165) is 32.9 Å². The average molecular weight is 385 g/mol. The fourth-order valence-corrected chi connectivity index (χ4v) is 3.97. The van der Waals surface area contributed by atoms with Gasteiger partial charge in [-0.25, -0.2) is 0 Å². The summed E-state index contributed by atoms with van der Waals surface area (Å²) < 4.78 is 6.11. The van der Waals surface area contributed by atoms with E-state index in [1.165, 1.54) is 0 Å². The van der Waals surface area contributed by atoms with Gasteiger partial charge in [-0.05, 0) is 34.2 Å². The molecule has 1 heterocycles. The van der Waals surface area contributed by atoms with E-state index < -0.39 is 5.97 Å². The Labute approximate surface area is 167 Å². The zero-order chi connectivity index (χ0) is 19.3. The Morgan fingerprint density at radius 3 is 2.29 bits per heavy atom. The second-order valence-corrected chi connectivity index (χ2v) is 7.21. The van der Waals surface area contributed by atoms with E-state index in [2.05, 4.69) is 6.07 Å². The highest BCUT2D eigenvalue weighted by Gasteiger charge is 2.13. The topological polar surface area (TPSA) is 49.4 Å². The van der Waals surface area contributed by atoms with E-state index in [-0.39, 0.29) is 5.56 Å². The lowest BCUT2D eigenvalue weighted by Crippen LogP contribution is -2.21. The molecule has 0 radical (unpaired) electrons. The third-order valence-electron chi connectivity index (χ3n) is 4.46. The summed E-state index contributed by atoms with van der Waals surface area (Å²) in [5.41, 5.74) is 4.33. The number of carbonyl (C=O) groups excluding carboxylic acids is 1. The van der Waals surface area contributed by atoms with Crippen LogP contribution in [0.5, 0.6) is 5.75 Å². The summed E-state index contributed by atoms with van der Waals surface area (Å²) in [4.78, 5) is 12.1. The van der Waals surface area contributed by atoms with Gasteiger partial charge in [0.25, 0.3) is 0 Å². The molecule has 0 spiro atoms. The first-order valence-electron chi connectivity index (χ1n) is 8.88. The first-order valence-corrected chi connectivity index (χ1v) is 9.76. The van der Waals surface area contributed by atoms with Crippen LogP contribution in [0, 0.1) is 0 Å². The molecule has 4 aromatic rings.